The first-order valence-electron chi connectivity index (χ1n) is 2.36. The van der Waals surface area contributed by atoms with Gasteiger partial charge < -0.3 is 5.11 Å². The lowest BCUT2D eigenvalue weighted by atomic mass is 10.1. The maximum Gasteiger partial charge on any atom is 0.0447 e. The van der Waals surface area contributed by atoms with Gasteiger partial charge in [0.25, 0.3) is 0 Å². The Kier molecular flexibility index (Phi) is 2.62. The van der Waals surface area contributed by atoms with Gasteiger partial charge >= 0.3 is 0 Å². The number of aliphatic hydroxyl groups excluding tert-OH is 1. The van der Waals surface area contributed by atoms with E-state index in [2.05, 4.69) is 0 Å². The van der Waals surface area contributed by atoms with Gasteiger partial charge in [-0.1, -0.05) is 0 Å². The molecule has 0 fully saturated rings. The fraction of sp³-hybridized carbons (Fsp3) is 1.00. The third kappa shape index (κ3) is 6.25. The molecular formula is C5H11ClO. The van der Waals surface area contributed by atoms with E-state index < -0.39 is 0 Å². The number of aliphatic hydroxyl groups is 1. The number of rotatable bonds is 2. The lowest BCUT2D eigenvalue weighted by Crippen LogP contribution is -2.11. The van der Waals surface area contributed by atoms with Crippen molar-refractivity contribution < 1.29 is 5.11 Å². The van der Waals surface area contributed by atoms with E-state index in [1.165, 1.54) is 0 Å². The largest absolute Gasteiger partial charge is 0.396 e. The van der Waals surface area contributed by atoms with Gasteiger partial charge in [-0.15, -0.1) is 11.6 Å². The SMILES string of the molecule is CC(C)(Cl)CCO. The first-order valence-corrected chi connectivity index (χ1v) is 2.74. The van der Waals surface area contributed by atoms with Gasteiger partial charge in [-0.2, -0.15) is 0 Å². The van der Waals surface area contributed by atoms with Gasteiger partial charge in [0, 0.05) is 11.5 Å². The molecule has 0 rings (SSSR count). The Morgan fingerprint density at radius 2 is 2.00 bits per heavy atom. The fourth-order valence-corrected chi connectivity index (χ4v) is 0.350. The molecule has 7 heavy (non-hydrogen) atoms. The Labute approximate surface area is 49.3 Å². The van der Waals surface area contributed by atoms with Crippen molar-refractivity contribution in [2.75, 3.05) is 6.61 Å². The van der Waals surface area contributed by atoms with E-state index in [4.69, 9.17) is 16.7 Å². The van der Waals surface area contributed by atoms with Crippen LogP contribution in [0.2, 0.25) is 0 Å². The summed E-state index contributed by atoms with van der Waals surface area (Å²) in [5.74, 6) is 0. The molecule has 0 aliphatic heterocycles. The molecule has 1 N–H and O–H groups in total. The van der Waals surface area contributed by atoms with Crippen LogP contribution in [0.25, 0.3) is 0 Å². The van der Waals surface area contributed by atoms with Crippen LogP contribution in [-0.4, -0.2) is 16.6 Å². The Balaban J connectivity index is 3.15. The maximum atomic E-state index is 8.32. The van der Waals surface area contributed by atoms with Crippen LogP contribution in [0.3, 0.4) is 0 Å². The zero-order valence-corrected chi connectivity index (χ0v) is 5.50. The molecule has 0 aliphatic rings. The van der Waals surface area contributed by atoms with Crippen LogP contribution in [0.4, 0.5) is 0 Å². The van der Waals surface area contributed by atoms with Crippen LogP contribution in [-0.2, 0) is 0 Å². The minimum absolute atomic E-state index is 0.177. The highest BCUT2D eigenvalue weighted by molar-refractivity contribution is 6.23. The second-order valence-electron chi connectivity index (χ2n) is 2.19. The molecule has 0 unspecified atom stereocenters. The topological polar surface area (TPSA) is 20.2 Å². The molecule has 0 saturated carbocycles. The van der Waals surface area contributed by atoms with Crippen molar-refractivity contribution >= 4 is 11.6 Å². The summed E-state index contributed by atoms with van der Waals surface area (Å²) in [6.07, 6.45) is 0.661. The summed E-state index contributed by atoms with van der Waals surface area (Å²) >= 11 is 5.67. The molecule has 0 atom stereocenters. The second-order valence-corrected chi connectivity index (χ2v) is 3.22. The molecule has 0 aromatic carbocycles. The second kappa shape index (κ2) is 2.53. The van der Waals surface area contributed by atoms with Crippen LogP contribution in [0.5, 0.6) is 0 Å². The number of hydrogen-bond acceptors (Lipinski definition) is 1. The fourth-order valence-electron chi connectivity index (χ4n) is 0.266. The van der Waals surface area contributed by atoms with Crippen molar-refractivity contribution in [3.63, 3.8) is 0 Å². The summed E-state index contributed by atoms with van der Waals surface area (Å²) in [6.45, 7) is 3.94. The van der Waals surface area contributed by atoms with E-state index in [1.807, 2.05) is 13.8 Å². The average molecular weight is 123 g/mol. The minimum atomic E-state index is -0.227. The smallest absolute Gasteiger partial charge is 0.0447 e. The van der Waals surface area contributed by atoms with Crippen molar-refractivity contribution in [3.05, 3.63) is 0 Å². The van der Waals surface area contributed by atoms with Crippen molar-refractivity contribution in [2.45, 2.75) is 25.1 Å². The summed E-state index contributed by atoms with van der Waals surface area (Å²) in [6, 6.07) is 0. The molecule has 0 saturated heterocycles. The lowest BCUT2D eigenvalue weighted by Gasteiger charge is -2.11. The molecule has 0 aromatic heterocycles. The normalized spacial score (nSPS) is 12.0. The molecule has 1 nitrogen and oxygen atoms in total. The number of halogens is 1. The lowest BCUT2D eigenvalue weighted by molar-refractivity contribution is 0.274. The summed E-state index contributed by atoms with van der Waals surface area (Å²) < 4.78 is 0. The summed E-state index contributed by atoms with van der Waals surface area (Å²) in [5, 5.41) is 8.32. The van der Waals surface area contributed by atoms with Gasteiger partial charge in [0.05, 0.1) is 0 Å². The molecule has 0 aromatic rings. The van der Waals surface area contributed by atoms with Crippen molar-refractivity contribution in [2.24, 2.45) is 0 Å². The van der Waals surface area contributed by atoms with E-state index in [0.717, 1.165) is 0 Å². The van der Waals surface area contributed by atoms with Crippen LogP contribution < -0.4 is 0 Å². The standard InChI is InChI=1S/C5H11ClO/c1-5(2,6)3-4-7/h7H,3-4H2,1-2H3. The minimum Gasteiger partial charge on any atom is -0.396 e. The first kappa shape index (κ1) is 7.25. The Morgan fingerprint density at radius 1 is 1.57 bits per heavy atom. The predicted octanol–water partition coefficient (Wildman–Crippen LogP) is 1.39. The van der Waals surface area contributed by atoms with Crippen molar-refractivity contribution in [1.82, 2.24) is 0 Å². The van der Waals surface area contributed by atoms with E-state index >= 15 is 0 Å². The van der Waals surface area contributed by atoms with Gasteiger partial charge in [-0.25, -0.2) is 0 Å². The molecule has 2 heteroatoms. The highest BCUT2D eigenvalue weighted by Gasteiger charge is 2.10. The Bertz CT molecular complexity index is 46.5. The predicted molar refractivity (Wildman–Crippen MR) is 31.6 cm³/mol. The van der Waals surface area contributed by atoms with Gasteiger partial charge in [-0.05, 0) is 20.3 Å². The van der Waals surface area contributed by atoms with Crippen LogP contribution >= 0.6 is 11.6 Å². The molecule has 0 aliphatic carbocycles. The molecule has 0 radical (unpaired) electrons. The molecule has 0 spiro atoms. The van der Waals surface area contributed by atoms with Crippen LogP contribution in [0.15, 0.2) is 0 Å². The van der Waals surface area contributed by atoms with E-state index in [0.29, 0.717) is 6.42 Å². The number of hydrogen-bond donors (Lipinski definition) is 1. The van der Waals surface area contributed by atoms with Crippen molar-refractivity contribution in [1.29, 1.82) is 0 Å². The summed E-state index contributed by atoms with van der Waals surface area (Å²) in [4.78, 5) is -0.227. The van der Waals surface area contributed by atoms with Gasteiger partial charge in [0.15, 0.2) is 0 Å². The zero-order valence-electron chi connectivity index (χ0n) is 4.74. The van der Waals surface area contributed by atoms with Crippen LogP contribution in [0, 0.1) is 0 Å². The van der Waals surface area contributed by atoms with Crippen molar-refractivity contribution in [3.8, 4) is 0 Å². The molecule has 0 heterocycles. The van der Waals surface area contributed by atoms with Gasteiger partial charge in [0.2, 0.25) is 0 Å². The Morgan fingerprint density at radius 3 is 2.00 bits per heavy atom. The van der Waals surface area contributed by atoms with Gasteiger partial charge in [-0.3, -0.25) is 0 Å². The summed E-state index contributed by atoms with van der Waals surface area (Å²) in [7, 11) is 0. The maximum absolute atomic E-state index is 8.32. The van der Waals surface area contributed by atoms with Gasteiger partial charge in [0.1, 0.15) is 0 Å². The Hall–Kier alpha value is 0.250. The summed E-state index contributed by atoms with van der Waals surface area (Å²) in [5.41, 5.74) is 0. The number of alkyl halides is 1. The molecular weight excluding hydrogens is 112 g/mol. The first-order chi connectivity index (χ1) is 3.06. The van der Waals surface area contributed by atoms with Crippen LogP contribution in [0.1, 0.15) is 20.3 Å². The van der Waals surface area contributed by atoms with E-state index in [9.17, 15) is 0 Å². The molecule has 0 amide bonds. The highest BCUT2D eigenvalue weighted by atomic mass is 35.5. The third-order valence-corrected chi connectivity index (χ3v) is 0.895. The highest BCUT2D eigenvalue weighted by Crippen LogP contribution is 2.15. The molecule has 44 valence electrons. The van der Waals surface area contributed by atoms with E-state index in [1.54, 1.807) is 0 Å². The van der Waals surface area contributed by atoms with E-state index in [-0.39, 0.29) is 11.5 Å². The zero-order chi connectivity index (χ0) is 5.91. The third-order valence-electron chi connectivity index (χ3n) is 0.706. The monoisotopic (exact) mass is 122 g/mol. The average Bonchev–Trinajstić information content (AvgIpc) is 1.30. The quantitative estimate of drug-likeness (QED) is 0.549. The molecule has 0 bridgehead atoms.